The Morgan fingerprint density at radius 3 is 2.88 bits per heavy atom. The highest BCUT2D eigenvalue weighted by atomic mass is 19.1. The molecule has 1 aromatic heterocycles. The average molecular weight is 332 g/mol. The maximum absolute atomic E-state index is 13.6. The van der Waals surface area contributed by atoms with Crippen LogP contribution < -0.4 is 5.32 Å². The highest BCUT2D eigenvalue weighted by Gasteiger charge is 2.40. The molecule has 8 heteroatoms. The third-order valence-electron chi connectivity index (χ3n) is 3.90. The van der Waals surface area contributed by atoms with Gasteiger partial charge in [0.1, 0.15) is 12.4 Å². The molecule has 0 aliphatic carbocycles. The van der Waals surface area contributed by atoms with Gasteiger partial charge < -0.3 is 15.0 Å². The van der Waals surface area contributed by atoms with Gasteiger partial charge in [-0.3, -0.25) is 14.3 Å². The van der Waals surface area contributed by atoms with E-state index in [1.807, 2.05) is 0 Å². The van der Waals surface area contributed by atoms with Gasteiger partial charge in [0.15, 0.2) is 6.10 Å². The summed E-state index contributed by atoms with van der Waals surface area (Å²) >= 11 is 0. The lowest BCUT2D eigenvalue weighted by atomic mass is 9.97. The Hall–Kier alpha value is -2.74. The van der Waals surface area contributed by atoms with Crippen LogP contribution in [-0.4, -0.2) is 46.3 Å². The fraction of sp³-hybridized carbons (Fsp3) is 0.312. The average Bonchev–Trinajstić information content (AvgIpc) is 2.94. The van der Waals surface area contributed by atoms with Crippen molar-refractivity contribution in [1.82, 2.24) is 14.7 Å². The largest absolute Gasteiger partial charge is 0.356 e. The molecule has 1 saturated heterocycles. The summed E-state index contributed by atoms with van der Waals surface area (Å²) in [5, 5.41) is 6.68. The topological polar surface area (TPSA) is 76.5 Å². The number of likely N-dealkylation sites (N-methyl/N-ethyl adjacent to an activating group) is 1. The van der Waals surface area contributed by atoms with Crippen LogP contribution in [0.5, 0.6) is 0 Å². The van der Waals surface area contributed by atoms with Crippen molar-refractivity contribution in [2.24, 2.45) is 7.05 Å². The minimum atomic E-state index is -0.949. The fourth-order valence-electron chi connectivity index (χ4n) is 2.72. The van der Waals surface area contributed by atoms with Crippen LogP contribution >= 0.6 is 0 Å². The summed E-state index contributed by atoms with van der Waals surface area (Å²) in [6, 6.07) is 5.09. The Bertz CT molecular complexity index is 776. The molecule has 0 spiro atoms. The van der Waals surface area contributed by atoms with Crippen LogP contribution in [0.3, 0.4) is 0 Å². The molecule has 2 amide bonds. The van der Waals surface area contributed by atoms with Crippen molar-refractivity contribution in [2.75, 3.05) is 19.0 Å². The molecular weight excluding hydrogens is 315 g/mol. The van der Waals surface area contributed by atoms with Gasteiger partial charge in [-0.25, -0.2) is 4.39 Å². The number of aryl methyl sites for hydroxylation is 1. The third kappa shape index (κ3) is 3.13. The number of nitrogens with zero attached hydrogens (tertiary/aromatic N) is 3. The van der Waals surface area contributed by atoms with Crippen molar-refractivity contribution >= 4 is 17.5 Å². The zero-order chi connectivity index (χ0) is 17.3. The van der Waals surface area contributed by atoms with E-state index >= 15 is 0 Å². The minimum absolute atomic E-state index is 0.201. The van der Waals surface area contributed by atoms with Gasteiger partial charge in [0, 0.05) is 20.3 Å². The fourth-order valence-corrected chi connectivity index (χ4v) is 2.72. The Balaban J connectivity index is 1.88. The monoisotopic (exact) mass is 332 g/mol. The lowest BCUT2D eigenvalue weighted by Gasteiger charge is -2.38. The molecule has 7 nitrogen and oxygen atoms in total. The lowest BCUT2D eigenvalue weighted by molar-refractivity contribution is -0.160. The number of carbonyl (C=O) groups excluding carboxylic acids is 2. The number of hydrogen-bond donors (Lipinski definition) is 1. The van der Waals surface area contributed by atoms with Crippen LogP contribution in [0.2, 0.25) is 0 Å². The zero-order valence-corrected chi connectivity index (χ0v) is 13.3. The summed E-state index contributed by atoms with van der Waals surface area (Å²) in [7, 11) is 3.31. The standard InChI is InChI=1S/C16H17FN4O3/c1-20-8-12(7-18-20)19-16(23)15-14(21(2)13(22)9-24-15)10-4-3-5-11(17)6-10/h3-8,14-15H,9H2,1-2H3,(H,19,23)/t14-,15+/m0/s1. The van der Waals surface area contributed by atoms with Gasteiger partial charge in [-0.1, -0.05) is 12.1 Å². The van der Waals surface area contributed by atoms with Crippen molar-refractivity contribution in [2.45, 2.75) is 12.1 Å². The van der Waals surface area contributed by atoms with E-state index in [1.54, 1.807) is 31.0 Å². The van der Waals surface area contributed by atoms with Crippen molar-refractivity contribution in [3.05, 3.63) is 48.0 Å². The Labute approximate surface area is 138 Å². The van der Waals surface area contributed by atoms with E-state index in [-0.39, 0.29) is 12.5 Å². The second-order valence-electron chi connectivity index (χ2n) is 5.63. The summed E-state index contributed by atoms with van der Waals surface area (Å²) in [5.74, 6) is -1.13. The maximum Gasteiger partial charge on any atom is 0.256 e. The van der Waals surface area contributed by atoms with Crippen LogP contribution in [0, 0.1) is 5.82 Å². The highest BCUT2D eigenvalue weighted by molar-refractivity contribution is 5.96. The first-order valence-electron chi connectivity index (χ1n) is 7.38. The SMILES string of the molecule is CN1C(=O)CO[C@@H](C(=O)Nc2cnn(C)c2)[C@@H]1c1cccc(F)c1. The van der Waals surface area contributed by atoms with E-state index in [0.717, 1.165) is 0 Å². The van der Waals surface area contributed by atoms with Crippen molar-refractivity contribution in [1.29, 1.82) is 0 Å². The number of aromatic nitrogens is 2. The van der Waals surface area contributed by atoms with E-state index in [0.29, 0.717) is 11.3 Å². The molecule has 1 aromatic carbocycles. The first-order chi connectivity index (χ1) is 11.5. The number of benzene rings is 1. The second kappa shape index (κ2) is 6.40. The number of ether oxygens (including phenoxy) is 1. The molecule has 24 heavy (non-hydrogen) atoms. The minimum Gasteiger partial charge on any atom is -0.356 e. The van der Waals surface area contributed by atoms with E-state index in [2.05, 4.69) is 10.4 Å². The van der Waals surface area contributed by atoms with Gasteiger partial charge in [-0.15, -0.1) is 0 Å². The smallest absolute Gasteiger partial charge is 0.256 e. The predicted molar refractivity (Wildman–Crippen MR) is 83.5 cm³/mol. The molecule has 3 rings (SSSR count). The normalized spacial score (nSPS) is 21.0. The molecular formula is C16H17FN4O3. The molecule has 2 aromatic rings. The summed E-state index contributed by atoms with van der Waals surface area (Å²) in [6.45, 7) is -0.201. The first kappa shape index (κ1) is 16.1. The second-order valence-corrected chi connectivity index (χ2v) is 5.63. The number of halogens is 1. The van der Waals surface area contributed by atoms with Crippen molar-refractivity contribution in [3.63, 3.8) is 0 Å². The summed E-state index contributed by atoms with van der Waals surface area (Å²) < 4.78 is 20.6. The van der Waals surface area contributed by atoms with E-state index in [4.69, 9.17) is 4.74 Å². The molecule has 1 aliphatic heterocycles. The van der Waals surface area contributed by atoms with Crippen LogP contribution in [0.4, 0.5) is 10.1 Å². The summed E-state index contributed by atoms with van der Waals surface area (Å²) in [6.07, 6.45) is 2.20. The number of nitrogens with one attached hydrogen (secondary N) is 1. The van der Waals surface area contributed by atoms with Crippen LogP contribution in [0.25, 0.3) is 0 Å². The number of hydrogen-bond acceptors (Lipinski definition) is 4. The molecule has 1 aliphatic rings. The molecule has 0 saturated carbocycles. The molecule has 1 fully saturated rings. The third-order valence-corrected chi connectivity index (χ3v) is 3.90. The van der Waals surface area contributed by atoms with Gasteiger partial charge in [-0.2, -0.15) is 5.10 Å². The summed E-state index contributed by atoms with van der Waals surface area (Å²) in [5.41, 5.74) is 1.01. The van der Waals surface area contributed by atoms with Crippen LogP contribution in [0.1, 0.15) is 11.6 Å². The number of amides is 2. The molecule has 0 radical (unpaired) electrons. The number of carbonyl (C=O) groups is 2. The van der Waals surface area contributed by atoms with Gasteiger partial charge in [0.25, 0.3) is 5.91 Å². The van der Waals surface area contributed by atoms with Crippen LogP contribution in [0.15, 0.2) is 36.7 Å². The number of morpholine rings is 1. The zero-order valence-electron chi connectivity index (χ0n) is 13.3. The van der Waals surface area contributed by atoms with Crippen molar-refractivity contribution in [3.8, 4) is 0 Å². The van der Waals surface area contributed by atoms with Gasteiger partial charge in [0.05, 0.1) is 17.9 Å². The molecule has 0 unspecified atom stereocenters. The van der Waals surface area contributed by atoms with Crippen LogP contribution in [-0.2, 0) is 21.4 Å². The Kier molecular flexibility index (Phi) is 4.30. The van der Waals surface area contributed by atoms with Gasteiger partial charge in [-0.05, 0) is 17.7 Å². The van der Waals surface area contributed by atoms with E-state index in [1.165, 1.54) is 29.3 Å². The lowest BCUT2D eigenvalue weighted by Crippen LogP contribution is -2.51. The quantitative estimate of drug-likeness (QED) is 0.913. The van der Waals surface area contributed by atoms with Crippen molar-refractivity contribution < 1.29 is 18.7 Å². The van der Waals surface area contributed by atoms with E-state index in [9.17, 15) is 14.0 Å². The van der Waals surface area contributed by atoms with Gasteiger partial charge >= 0.3 is 0 Å². The molecule has 0 bridgehead atoms. The molecule has 2 heterocycles. The van der Waals surface area contributed by atoms with Gasteiger partial charge in [0.2, 0.25) is 5.91 Å². The number of anilines is 1. The molecule has 2 atom stereocenters. The predicted octanol–water partition coefficient (Wildman–Crippen LogP) is 1.10. The highest BCUT2D eigenvalue weighted by Crippen LogP contribution is 2.30. The summed E-state index contributed by atoms with van der Waals surface area (Å²) in [4.78, 5) is 26.0. The molecule has 126 valence electrons. The Morgan fingerprint density at radius 1 is 1.42 bits per heavy atom. The number of rotatable bonds is 3. The first-order valence-corrected chi connectivity index (χ1v) is 7.38. The van der Waals surface area contributed by atoms with E-state index < -0.39 is 23.9 Å². The maximum atomic E-state index is 13.6. The Morgan fingerprint density at radius 2 is 2.21 bits per heavy atom. The molecule has 1 N–H and O–H groups in total.